The number of carbonyl (C=O) groups excluding carboxylic acids is 2. The highest BCUT2D eigenvalue weighted by atomic mass is 35.5. The molecule has 1 N–H and O–H groups in total. The molecule has 0 saturated heterocycles. The second-order valence-electron chi connectivity index (χ2n) is 9.92. The summed E-state index contributed by atoms with van der Waals surface area (Å²) in [5, 5.41) is 3.30. The Kier molecular flexibility index (Phi) is 11.2. The summed E-state index contributed by atoms with van der Waals surface area (Å²) in [5.74, 6) is -0.304. The van der Waals surface area contributed by atoms with Crippen LogP contribution in [0.15, 0.2) is 77.7 Å². The van der Waals surface area contributed by atoms with Crippen LogP contribution in [0.4, 0.5) is 5.69 Å². The van der Waals surface area contributed by atoms with E-state index in [0.717, 1.165) is 21.9 Å². The van der Waals surface area contributed by atoms with Gasteiger partial charge in [-0.1, -0.05) is 61.3 Å². The van der Waals surface area contributed by atoms with Crippen LogP contribution in [0.2, 0.25) is 5.02 Å². The molecule has 8 nitrogen and oxygen atoms in total. The number of amides is 2. The predicted molar refractivity (Wildman–Crippen MR) is 163 cm³/mol. The first-order chi connectivity index (χ1) is 19.5. The number of hydrogen-bond donors (Lipinski definition) is 1. The van der Waals surface area contributed by atoms with Crippen LogP contribution in [0.25, 0.3) is 0 Å². The third-order valence-corrected chi connectivity index (χ3v) is 8.87. The molecule has 0 unspecified atom stereocenters. The molecule has 0 spiro atoms. The Morgan fingerprint density at radius 2 is 1.66 bits per heavy atom. The zero-order valence-electron chi connectivity index (χ0n) is 24.1. The molecule has 2 atom stereocenters. The Hall–Kier alpha value is -3.56. The molecular formula is C31H38ClN3O5S. The Morgan fingerprint density at radius 3 is 2.24 bits per heavy atom. The smallest absolute Gasteiger partial charge is 0.264 e. The molecule has 0 saturated carbocycles. The number of nitrogens with zero attached hydrogens (tertiary/aromatic N) is 2. The van der Waals surface area contributed by atoms with Gasteiger partial charge in [0, 0.05) is 17.6 Å². The van der Waals surface area contributed by atoms with Crippen molar-refractivity contribution in [3.05, 3.63) is 88.9 Å². The molecule has 220 valence electrons. The maximum Gasteiger partial charge on any atom is 0.264 e. The highest BCUT2D eigenvalue weighted by molar-refractivity contribution is 7.92. The van der Waals surface area contributed by atoms with Gasteiger partial charge in [-0.3, -0.25) is 13.9 Å². The van der Waals surface area contributed by atoms with E-state index in [1.54, 1.807) is 30.3 Å². The van der Waals surface area contributed by atoms with Crippen molar-refractivity contribution >= 4 is 39.1 Å². The van der Waals surface area contributed by atoms with E-state index < -0.39 is 28.5 Å². The number of ether oxygens (including phenoxy) is 1. The summed E-state index contributed by atoms with van der Waals surface area (Å²) in [4.78, 5) is 28.9. The van der Waals surface area contributed by atoms with E-state index in [1.807, 2.05) is 52.0 Å². The summed E-state index contributed by atoms with van der Waals surface area (Å²) in [6, 6.07) is 19.0. The first-order valence-electron chi connectivity index (χ1n) is 13.6. The van der Waals surface area contributed by atoms with Crippen molar-refractivity contribution in [2.24, 2.45) is 0 Å². The number of methoxy groups -OCH3 is 1. The number of anilines is 1. The molecule has 0 aliphatic rings. The van der Waals surface area contributed by atoms with Gasteiger partial charge in [-0.05, 0) is 74.7 Å². The van der Waals surface area contributed by atoms with Gasteiger partial charge in [0.2, 0.25) is 11.8 Å². The van der Waals surface area contributed by atoms with E-state index in [4.69, 9.17) is 16.3 Å². The fourth-order valence-electron chi connectivity index (χ4n) is 4.40. The first kappa shape index (κ1) is 32.0. The van der Waals surface area contributed by atoms with Crippen molar-refractivity contribution in [2.45, 2.75) is 64.1 Å². The van der Waals surface area contributed by atoms with E-state index in [1.165, 1.54) is 30.2 Å². The van der Waals surface area contributed by atoms with E-state index in [2.05, 4.69) is 5.32 Å². The summed E-state index contributed by atoms with van der Waals surface area (Å²) < 4.78 is 34.1. The highest BCUT2D eigenvalue weighted by Gasteiger charge is 2.34. The fraction of sp³-hybridized carbons (Fsp3) is 0.355. The second kappa shape index (κ2) is 14.4. The third-order valence-electron chi connectivity index (χ3n) is 6.84. The van der Waals surface area contributed by atoms with Crippen LogP contribution >= 0.6 is 11.6 Å². The van der Waals surface area contributed by atoms with Crippen LogP contribution in [0.3, 0.4) is 0 Å². The molecule has 0 aromatic heterocycles. The van der Waals surface area contributed by atoms with E-state index >= 15 is 0 Å². The number of carbonyl (C=O) groups is 2. The molecule has 2 amide bonds. The van der Waals surface area contributed by atoms with Crippen molar-refractivity contribution < 1.29 is 22.7 Å². The second-order valence-corrected chi connectivity index (χ2v) is 12.2. The van der Waals surface area contributed by atoms with E-state index in [-0.39, 0.29) is 29.1 Å². The average molecular weight is 600 g/mol. The number of rotatable bonds is 13. The van der Waals surface area contributed by atoms with Gasteiger partial charge in [-0.2, -0.15) is 0 Å². The lowest BCUT2D eigenvalue weighted by atomic mass is 10.1. The normalized spacial score (nSPS) is 12.7. The van der Waals surface area contributed by atoms with Crippen LogP contribution in [0.5, 0.6) is 5.75 Å². The summed E-state index contributed by atoms with van der Waals surface area (Å²) in [7, 11) is -2.72. The van der Waals surface area contributed by atoms with Gasteiger partial charge in [0.15, 0.2) is 0 Å². The Bertz CT molecular complexity index is 1450. The number of aryl methyl sites for hydroxylation is 1. The summed E-state index contributed by atoms with van der Waals surface area (Å²) in [6.45, 7) is 7.26. The summed E-state index contributed by atoms with van der Waals surface area (Å²) >= 11 is 6.24. The van der Waals surface area contributed by atoms with Crippen molar-refractivity contribution in [2.75, 3.05) is 18.0 Å². The molecule has 3 aromatic rings. The zero-order chi connectivity index (χ0) is 30.2. The average Bonchev–Trinajstić information content (AvgIpc) is 2.95. The summed E-state index contributed by atoms with van der Waals surface area (Å²) in [5.41, 5.74) is 2.07. The van der Waals surface area contributed by atoms with Crippen molar-refractivity contribution in [3.63, 3.8) is 0 Å². The third kappa shape index (κ3) is 8.24. The number of nitrogens with one attached hydrogen (secondary N) is 1. The maximum absolute atomic E-state index is 14.1. The molecular weight excluding hydrogens is 562 g/mol. The molecule has 41 heavy (non-hydrogen) atoms. The van der Waals surface area contributed by atoms with Gasteiger partial charge in [0.05, 0.1) is 17.7 Å². The molecule has 3 rings (SSSR count). The molecule has 0 aliphatic heterocycles. The van der Waals surface area contributed by atoms with E-state index in [9.17, 15) is 18.0 Å². The molecule has 0 heterocycles. The van der Waals surface area contributed by atoms with Crippen LogP contribution < -0.4 is 14.4 Å². The highest BCUT2D eigenvalue weighted by Crippen LogP contribution is 2.28. The lowest BCUT2D eigenvalue weighted by Crippen LogP contribution is -2.53. The van der Waals surface area contributed by atoms with Gasteiger partial charge in [-0.15, -0.1) is 0 Å². The van der Waals surface area contributed by atoms with Crippen LogP contribution in [0, 0.1) is 6.92 Å². The minimum absolute atomic E-state index is 0.0159. The molecule has 0 aliphatic carbocycles. The number of sulfonamides is 1. The molecule has 0 bridgehead atoms. The van der Waals surface area contributed by atoms with Gasteiger partial charge in [-0.25, -0.2) is 8.42 Å². The van der Waals surface area contributed by atoms with Gasteiger partial charge in [0.1, 0.15) is 18.3 Å². The van der Waals surface area contributed by atoms with Gasteiger partial charge < -0.3 is 15.0 Å². The predicted octanol–water partition coefficient (Wildman–Crippen LogP) is 5.57. The monoisotopic (exact) mass is 599 g/mol. The van der Waals surface area contributed by atoms with Crippen LogP contribution in [-0.2, 0) is 26.2 Å². The number of halogens is 1. The van der Waals surface area contributed by atoms with Gasteiger partial charge >= 0.3 is 0 Å². The topological polar surface area (TPSA) is 96.0 Å². The lowest BCUT2D eigenvalue weighted by Gasteiger charge is -2.33. The maximum atomic E-state index is 14.1. The minimum atomic E-state index is -4.21. The Morgan fingerprint density at radius 1 is 0.976 bits per heavy atom. The zero-order valence-corrected chi connectivity index (χ0v) is 25.7. The molecule has 3 aromatic carbocycles. The van der Waals surface area contributed by atoms with Crippen molar-refractivity contribution in [1.29, 1.82) is 0 Å². The minimum Gasteiger partial charge on any atom is -0.497 e. The lowest BCUT2D eigenvalue weighted by molar-refractivity contribution is -0.140. The Balaban J connectivity index is 2.06. The van der Waals surface area contributed by atoms with Crippen molar-refractivity contribution in [1.82, 2.24) is 10.2 Å². The first-order valence-corrected chi connectivity index (χ1v) is 15.4. The standard InChI is InChI=1S/C31H38ClN3O5S/c1-6-23(4)33-31(37)29(7-2)34(20-24-11-8-10-22(3)18-24)30(36)21-35(26-13-9-12-25(32)19-26)41(38,39)28-16-14-27(40-5)15-17-28/h8-19,23,29H,6-7,20-21H2,1-5H3,(H,33,37)/t23-,29+/m1/s1. The molecule has 10 heteroatoms. The number of hydrogen-bond acceptors (Lipinski definition) is 5. The van der Waals surface area contributed by atoms with Crippen molar-refractivity contribution in [3.8, 4) is 5.75 Å². The SMILES string of the molecule is CC[C@@H](C)NC(=O)[C@H](CC)N(Cc1cccc(C)c1)C(=O)CN(c1cccc(Cl)c1)S(=O)(=O)c1ccc(OC)cc1. The number of benzene rings is 3. The quantitative estimate of drug-likeness (QED) is 0.277. The van der Waals surface area contributed by atoms with Gasteiger partial charge in [0.25, 0.3) is 10.0 Å². The largest absolute Gasteiger partial charge is 0.497 e. The molecule has 0 radical (unpaired) electrons. The van der Waals surface area contributed by atoms with Crippen LogP contribution in [-0.4, -0.2) is 50.9 Å². The Labute approximate surface area is 248 Å². The fourth-order valence-corrected chi connectivity index (χ4v) is 5.99. The summed E-state index contributed by atoms with van der Waals surface area (Å²) in [6.07, 6.45) is 1.08. The van der Waals surface area contributed by atoms with Crippen LogP contribution in [0.1, 0.15) is 44.7 Å². The molecule has 0 fully saturated rings. The van der Waals surface area contributed by atoms with E-state index in [0.29, 0.717) is 17.2 Å².